The van der Waals surface area contributed by atoms with Crippen LogP contribution < -0.4 is 11.5 Å². The minimum absolute atomic E-state index is 0.206. The van der Waals surface area contributed by atoms with Crippen LogP contribution in [0.15, 0.2) is 23.4 Å². The van der Waals surface area contributed by atoms with Gasteiger partial charge in [0.1, 0.15) is 5.82 Å². The molecule has 0 saturated heterocycles. The summed E-state index contributed by atoms with van der Waals surface area (Å²) in [4.78, 5) is 8.84. The molecule has 0 spiro atoms. The lowest BCUT2D eigenvalue weighted by atomic mass is 10.1. The Morgan fingerprint density at radius 2 is 2.05 bits per heavy atom. The second-order valence-corrected chi connectivity index (χ2v) is 6.08. The summed E-state index contributed by atoms with van der Waals surface area (Å²) >= 11 is 13.6. The highest BCUT2D eigenvalue weighted by atomic mass is 35.5. The quantitative estimate of drug-likeness (QED) is 0.702. The molecule has 0 fully saturated rings. The van der Waals surface area contributed by atoms with Gasteiger partial charge in [-0.3, -0.25) is 0 Å². The lowest BCUT2D eigenvalue weighted by Crippen LogP contribution is -2.11. The van der Waals surface area contributed by atoms with Crippen LogP contribution in [0.1, 0.15) is 5.56 Å². The highest BCUT2D eigenvalue weighted by molar-refractivity contribution is 7.98. The predicted octanol–water partition coefficient (Wildman–Crippen LogP) is 2.86. The summed E-state index contributed by atoms with van der Waals surface area (Å²) in [7, 11) is 0. The molecular formula is C13H12Cl2N6S. The number of benzene rings is 1. The average Bonchev–Trinajstić information content (AvgIpc) is 2.91. The monoisotopic (exact) mass is 354 g/mol. The SMILES string of the molecule is CSc1nc2nc(-c3ccc(Cl)cc3Cl)c(CN)c(N)n2n1. The first-order chi connectivity index (χ1) is 10.5. The Hall–Kier alpha value is -1.54. The zero-order valence-corrected chi connectivity index (χ0v) is 13.9. The number of nitrogen functional groups attached to an aromatic ring is 1. The maximum Gasteiger partial charge on any atom is 0.255 e. The van der Waals surface area contributed by atoms with Crippen LogP contribution in [0.4, 0.5) is 5.82 Å². The van der Waals surface area contributed by atoms with Gasteiger partial charge >= 0.3 is 0 Å². The summed E-state index contributed by atoms with van der Waals surface area (Å²) < 4.78 is 1.49. The first-order valence-corrected chi connectivity index (χ1v) is 8.27. The van der Waals surface area contributed by atoms with Crippen molar-refractivity contribution >= 4 is 46.6 Å². The number of nitrogens with zero attached hydrogens (tertiary/aromatic N) is 4. The number of anilines is 1. The molecular weight excluding hydrogens is 343 g/mol. The highest BCUT2D eigenvalue weighted by Gasteiger charge is 2.18. The largest absolute Gasteiger partial charge is 0.383 e. The van der Waals surface area contributed by atoms with Gasteiger partial charge in [0.15, 0.2) is 0 Å². The molecule has 2 heterocycles. The number of halogens is 2. The van der Waals surface area contributed by atoms with E-state index >= 15 is 0 Å². The predicted molar refractivity (Wildman–Crippen MR) is 90.3 cm³/mol. The zero-order valence-electron chi connectivity index (χ0n) is 11.5. The Morgan fingerprint density at radius 1 is 1.27 bits per heavy atom. The molecule has 0 aliphatic carbocycles. The van der Waals surface area contributed by atoms with E-state index < -0.39 is 0 Å². The number of thioether (sulfide) groups is 1. The van der Waals surface area contributed by atoms with Crippen LogP contribution in [0, 0.1) is 0 Å². The lowest BCUT2D eigenvalue weighted by molar-refractivity contribution is 0.875. The molecule has 0 unspecified atom stereocenters. The summed E-state index contributed by atoms with van der Waals surface area (Å²) in [5.41, 5.74) is 14.0. The molecule has 0 aliphatic rings. The van der Waals surface area contributed by atoms with Crippen molar-refractivity contribution in [1.29, 1.82) is 0 Å². The number of aromatic nitrogens is 4. The molecule has 0 radical (unpaired) electrons. The Bertz CT molecular complexity index is 863. The fourth-order valence-electron chi connectivity index (χ4n) is 2.13. The molecule has 0 aliphatic heterocycles. The second kappa shape index (κ2) is 5.92. The van der Waals surface area contributed by atoms with E-state index in [1.165, 1.54) is 16.3 Å². The van der Waals surface area contributed by atoms with E-state index in [-0.39, 0.29) is 6.54 Å². The summed E-state index contributed by atoms with van der Waals surface area (Å²) in [5.74, 6) is 0.807. The summed E-state index contributed by atoms with van der Waals surface area (Å²) in [6.07, 6.45) is 1.88. The van der Waals surface area contributed by atoms with Gasteiger partial charge in [-0.15, -0.1) is 5.10 Å². The smallest absolute Gasteiger partial charge is 0.255 e. The molecule has 22 heavy (non-hydrogen) atoms. The first-order valence-electron chi connectivity index (χ1n) is 6.29. The van der Waals surface area contributed by atoms with Crippen molar-refractivity contribution in [3.05, 3.63) is 33.8 Å². The van der Waals surface area contributed by atoms with Gasteiger partial charge in [-0.05, 0) is 24.5 Å². The van der Waals surface area contributed by atoms with E-state index in [1.807, 2.05) is 6.26 Å². The fraction of sp³-hybridized carbons (Fsp3) is 0.154. The van der Waals surface area contributed by atoms with Gasteiger partial charge in [-0.2, -0.15) is 9.50 Å². The number of hydrogen-bond acceptors (Lipinski definition) is 6. The number of fused-ring (bicyclic) bond motifs is 1. The van der Waals surface area contributed by atoms with Crippen molar-refractivity contribution in [2.45, 2.75) is 11.7 Å². The molecule has 114 valence electrons. The second-order valence-electron chi connectivity index (χ2n) is 4.46. The van der Waals surface area contributed by atoms with Crippen LogP contribution in [0.25, 0.3) is 17.0 Å². The highest BCUT2D eigenvalue weighted by Crippen LogP contribution is 2.33. The molecule has 0 bridgehead atoms. The van der Waals surface area contributed by atoms with E-state index in [1.54, 1.807) is 18.2 Å². The van der Waals surface area contributed by atoms with Gasteiger partial charge < -0.3 is 11.5 Å². The third kappa shape index (κ3) is 2.50. The van der Waals surface area contributed by atoms with Gasteiger partial charge in [0.05, 0.1) is 10.7 Å². The van der Waals surface area contributed by atoms with Crippen molar-refractivity contribution in [1.82, 2.24) is 19.6 Å². The molecule has 0 saturated carbocycles. The maximum atomic E-state index is 6.28. The zero-order chi connectivity index (χ0) is 15.9. The molecule has 9 heteroatoms. The van der Waals surface area contributed by atoms with Crippen molar-refractivity contribution in [3.63, 3.8) is 0 Å². The Labute approximate surface area is 140 Å². The van der Waals surface area contributed by atoms with Crippen LogP contribution in [0.2, 0.25) is 10.0 Å². The topological polar surface area (TPSA) is 95.1 Å². The van der Waals surface area contributed by atoms with Crippen LogP contribution >= 0.6 is 35.0 Å². The summed E-state index contributed by atoms with van der Waals surface area (Å²) in [6, 6.07) is 5.17. The Balaban J connectivity index is 2.32. The van der Waals surface area contributed by atoms with E-state index in [4.69, 9.17) is 34.7 Å². The maximum absolute atomic E-state index is 6.28. The molecule has 0 amide bonds. The summed E-state index contributed by atoms with van der Waals surface area (Å²) in [5, 5.41) is 5.89. The molecule has 6 nitrogen and oxygen atoms in total. The number of rotatable bonds is 3. The lowest BCUT2D eigenvalue weighted by Gasteiger charge is -2.12. The van der Waals surface area contributed by atoms with E-state index in [9.17, 15) is 0 Å². The van der Waals surface area contributed by atoms with Gasteiger partial charge in [0, 0.05) is 22.7 Å². The van der Waals surface area contributed by atoms with Crippen molar-refractivity contribution in [2.75, 3.05) is 12.0 Å². The van der Waals surface area contributed by atoms with Gasteiger partial charge in [-0.25, -0.2) is 4.98 Å². The molecule has 1 aromatic carbocycles. The van der Waals surface area contributed by atoms with Gasteiger partial charge in [0.2, 0.25) is 5.16 Å². The van der Waals surface area contributed by atoms with E-state index in [0.717, 1.165) is 0 Å². The Kier molecular flexibility index (Phi) is 4.14. The number of nitrogens with two attached hydrogens (primary N) is 2. The summed E-state index contributed by atoms with van der Waals surface area (Å²) in [6.45, 7) is 0.206. The minimum Gasteiger partial charge on any atom is -0.383 e. The van der Waals surface area contributed by atoms with Gasteiger partial charge in [-0.1, -0.05) is 35.0 Å². The standard InChI is InChI=1S/C13H12Cl2N6S/c1-22-13-19-12-18-10(7-3-2-6(14)4-9(7)15)8(5-16)11(17)21(12)20-13/h2-4H,5,16-17H2,1H3. The number of hydrogen-bond donors (Lipinski definition) is 2. The molecule has 3 aromatic rings. The van der Waals surface area contributed by atoms with Gasteiger partial charge in [0.25, 0.3) is 5.78 Å². The van der Waals surface area contributed by atoms with Crippen LogP contribution in [0.5, 0.6) is 0 Å². The normalized spacial score (nSPS) is 11.3. The van der Waals surface area contributed by atoms with E-state index in [0.29, 0.717) is 43.6 Å². The van der Waals surface area contributed by atoms with Crippen molar-refractivity contribution < 1.29 is 0 Å². The fourth-order valence-corrected chi connectivity index (χ4v) is 2.96. The third-order valence-corrected chi connectivity index (χ3v) is 4.26. The average molecular weight is 355 g/mol. The molecule has 3 rings (SSSR count). The molecule has 4 N–H and O–H groups in total. The van der Waals surface area contributed by atoms with Crippen LogP contribution in [-0.4, -0.2) is 25.8 Å². The molecule has 2 aromatic heterocycles. The van der Waals surface area contributed by atoms with E-state index in [2.05, 4.69) is 15.1 Å². The molecule has 0 atom stereocenters. The van der Waals surface area contributed by atoms with Crippen LogP contribution in [-0.2, 0) is 6.54 Å². The van der Waals surface area contributed by atoms with Crippen molar-refractivity contribution in [3.8, 4) is 11.3 Å². The minimum atomic E-state index is 0.206. The Morgan fingerprint density at radius 3 is 2.68 bits per heavy atom. The van der Waals surface area contributed by atoms with Crippen LogP contribution in [0.3, 0.4) is 0 Å². The third-order valence-electron chi connectivity index (χ3n) is 3.18. The van der Waals surface area contributed by atoms with Crippen molar-refractivity contribution in [2.24, 2.45) is 5.73 Å². The first kappa shape index (κ1) is 15.4.